The predicted octanol–water partition coefficient (Wildman–Crippen LogP) is 15.1. The zero-order chi connectivity index (χ0) is 32.7. The zero-order valence-corrected chi connectivity index (χ0v) is 31.6. The lowest BCUT2D eigenvalue weighted by molar-refractivity contribution is 0.352. The lowest BCUT2D eigenvalue weighted by atomic mass is 9.89. The van der Waals surface area contributed by atoms with Crippen LogP contribution in [0.1, 0.15) is 206 Å². The van der Waals surface area contributed by atoms with Crippen molar-refractivity contribution in [2.75, 3.05) is 20.6 Å². The molecule has 0 radical (unpaired) electrons. The van der Waals surface area contributed by atoms with Gasteiger partial charge in [-0.3, -0.25) is 0 Å². The highest BCUT2D eigenvalue weighted by Gasteiger charge is 2.09. The van der Waals surface area contributed by atoms with E-state index >= 15 is 0 Å². The fraction of sp³-hybridized carbons (Fsp3) is 0.818. The van der Waals surface area contributed by atoms with Gasteiger partial charge in [-0.25, -0.2) is 0 Å². The standard InChI is InChI=1S/C44H83N/c1-5-7-9-11-13-15-17-19-21-23-25-27-29-31-33-36-40-44(42-38-35-39-43-45(3)4)41-37-34-32-30-28-26-24-22-20-18-16-14-12-10-8-6-2/h13-16,19-22,44H,5-12,17-18,23-43H2,1-4H3/b15-13-,16-14+,21-19-,22-20+. The Labute approximate surface area is 285 Å². The molecule has 0 N–H and O–H groups in total. The van der Waals surface area contributed by atoms with Crippen LogP contribution in [0.25, 0.3) is 0 Å². The van der Waals surface area contributed by atoms with Crippen molar-refractivity contribution in [2.45, 2.75) is 206 Å². The van der Waals surface area contributed by atoms with Gasteiger partial charge in [-0.15, -0.1) is 0 Å². The highest BCUT2D eigenvalue weighted by molar-refractivity contribution is 4.93. The molecule has 0 rings (SSSR count). The lowest BCUT2D eigenvalue weighted by Crippen LogP contribution is -2.12. The van der Waals surface area contributed by atoms with Crippen molar-refractivity contribution in [1.82, 2.24) is 4.90 Å². The predicted molar refractivity (Wildman–Crippen MR) is 208 cm³/mol. The normalized spacial score (nSPS) is 13.2. The first-order valence-corrected chi connectivity index (χ1v) is 20.4. The summed E-state index contributed by atoms with van der Waals surface area (Å²) in [6.07, 6.45) is 60.3. The Kier molecular flexibility index (Phi) is 38.2. The number of allylic oxidation sites excluding steroid dienone is 8. The molecule has 0 bridgehead atoms. The smallest absolute Gasteiger partial charge is 0.00248 e. The topological polar surface area (TPSA) is 3.24 Å². The number of hydrogen-bond donors (Lipinski definition) is 0. The zero-order valence-electron chi connectivity index (χ0n) is 31.6. The summed E-state index contributed by atoms with van der Waals surface area (Å²) in [4.78, 5) is 2.34. The molecule has 0 spiro atoms. The summed E-state index contributed by atoms with van der Waals surface area (Å²) in [5.74, 6) is 0.987. The average molecular weight is 626 g/mol. The molecule has 0 aromatic rings. The van der Waals surface area contributed by atoms with Gasteiger partial charge >= 0.3 is 0 Å². The minimum atomic E-state index is 0.987. The van der Waals surface area contributed by atoms with Crippen molar-refractivity contribution >= 4 is 0 Å². The third-order valence-corrected chi connectivity index (χ3v) is 9.34. The third-order valence-electron chi connectivity index (χ3n) is 9.34. The summed E-state index contributed by atoms with van der Waals surface area (Å²) in [6.45, 7) is 5.81. The van der Waals surface area contributed by atoms with Crippen LogP contribution in [0.3, 0.4) is 0 Å². The van der Waals surface area contributed by atoms with E-state index in [2.05, 4.69) is 81.5 Å². The Bertz CT molecular complexity index is 606. The number of rotatable bonds is 36. The van der Waals surface area contributed by atoms with Crippen molar-refractivity contribution in [3.05, 3.63) is 48.6 Å². The molecule has 0 aliphatic carbocycles. The molecule has 1 atom stereocenters. The first-order chi connectivity index (χ1) is 22.2. The Balaban J connectivity index is 3.88. The number of nitrogens with zero attached hydrogens (tertiary/aromatic N) is 1. The van der Waals surface area contributed by atoms with E-state index < -0.39 is 0 Å². The lowest BCUT2D eigenvalue weighted by Gasteiger charge is -2.17. The van der Waals surface area contributed by atoms with Crippen molar-refractivity contribution in [1.29, 1.82) is 0 Å². The molecule has 0 aliphatic rings. The Morgan fingerprint density at radius 2 is 0.667 bits per heavy atom. The van der Waals surface area contributed by atoms with Crippen molar-refractivity contribution < 1.29 is 0 Å². The van der Waals surface area contributed by atoms with Gasteiger partial charge in [0.05, 0.1) is 0 Å². The fourth-order valence-electron chi connectivity index (χ4n) is 6.31. The highest BCUT2D eigenvalue weighted by atomic mass is 15.0. The maximum absolute atomic E-state index is 2.41. The minimum Gasteiger partial charge on any atom is -0.309 e. The Hall–Kier alpha value is -1.08. The van der Waals surface area contributed by atoms with Gasteiger partial charge in [0.25, 0.3) is 0 Å². The van der Waals surface area contributed by atoms with Crippen LogP contribution in [0.5, 0.6) is 0 Å². The number of hydrogen-bond acceptors (Lipinski definition) is 1. The second-order valence-corrected chi connectivity index (χ2v) is 14.3. The van der Waals surface area contributed by atoms with Gasteiger partial charge in [0, 0.05) is 0 Å². The minimum absolute atomic E-state index is 0.987. The first-order valence-electron chi connectivity index (χ1n) is 20.4. The van der Waals surface area contributed by atoms with E-state index in [9.17, 15) is 0 Å². The van der Waals surface area contributed by atoms with E-state index in [0.29, 0.717) is 0 Å². The molecule has 1 nitrogen and oxygen atoms in total. The van der Waals surface area contributed by atoms with Crippen LogP contribution in [0.4, 0.5) is 0 Å². The molecular weight excluding hydrogens is 542 g/mol. The summed E-state index contributed by atoms with van der Waals surface area (Å²) in [6, 6.07) is 0. The van der Waals surface area contributed by atoms with Crippen LogP contribution in [0.2, 0.25) is 0 Å². The number of unbranched alkanes of at least 4 members (excludes halogenated alkanes) is 20. The molecule has 0 heterocycles. The summed E-state index contributed by atoms with van der Waals surface area (Å²) in [7, 11) is 4.42. The summed E-state index contributed by atoms with van der Waals surface area (Å²) < 4.78 is 0. The molecule has 0 aromatic heterocycles. The quantitative estimate of drug-likeness (QED) is 0.0494. The van der Waals surface area contributed by atoms with Crippen molar-refractivity contribution in [3.8, 4) is 0 Å². The van der Waals surface area contributed by atoms with Crippen LogP contribution in [-0.4, -0.2) is 25.5 Å². The summed E-state index contributed by atoms with van der Waals surface area (Å²) >= 11 is 0. The molecule has 0 saturated carbocycles. The highest BCUT2D eigenvalue weighted by Crippen LogP contribution is 2.24. The summed E-state index contributed by atoms with van der Waals surface area (Å²) in [5.41, 5.74) is 0. The second-order valence-electron chi connectivity index (χ2n) is 14.3. The van der Waals surface area contributed by atoms with Crippen molar-refractivity contribution in [3.63, 3.8) is 0 Å². The van der Waals surface area contributed by atoms with E-state index in [1.54, 1.807) is 0 Å². The van der Waals surface area contributed by atoms with E-state index in [-0.39, 0.29) is 0 Å². The SMILES string of the molecule is CCCCC/C=C\C/C=C\CCCCCCCCC(CCCCCCCC/C=C/C/C=C/CCCCC)CCCCCN(C)C. The maximum atomic E-state index is 2.41. The van der Waals surface area contributed by atoms with Gasteiger partial charge in [0.15, 0.2) is 0 Å². The van der Waals surface area contributed by atoms with Crippen LogP contribution in [0.15, 0.2) is 48.6 Å². The van der Waals surface area contributed by atoms with E-state index in [1.807, 2.05) is 0 Å². The van der Waals surface area contributed by atoms with Crippen LogP contribution in [-0.2, 0) is 0 Å². The van der Waals surface area contributed by atoms with Gasteiger partial charge < -0.3 is 4.90 Å². The van der Waals surface area contributed by atoms with E-state index in [4.69, 9.17) is 0 Å². The second kappa shape index (κ2) is 39.1. The summed E-state index contributed by atoms with van der Waals surface area (Å²) in [5, 5.41) is 0. The molecule has 264 valence electrons. The molecular formula is C44H83N. The molecule has 0 saturated heterocycles. The Morgan fingerprint density at radius 3 is 1.02 bits per heavy atom. The van der Waals surface area contributed by atoms with Crippen molar-refractivity contribution in [2.24, 2.45) is 5.92 Å². The molecule has 45 heavy (non-hydrogen) atoms. The van der Waals surface area contributed by atoms with Crippen LogP contribution in [0, 0.1) is 5.92 Å². The molecule has 1 unspecified atom stereocenters. The van der Waals surface area contributed by atoms with Gasteiger partial charge in [-0.05, 0) is 97.2 Å². The van der Waals surface area contributed by atoms with Crippen LogP contribution < -0.4 is 0 Å². The van der Waals surface area contributed by atoms with E-state index in [0.717, 1.165) is 18.8 Å². The molecule has 0 aromatic carbocycles. The van der Waals surface area contributed by atoms with Gasteiger partial charge in [-0.1, -0.05) is 184 Å². The maximum Gasteiger partial charge on any atom is -0.00248 e. The molecule has 0 fully saturated rings. The average Bonchev–Trinajstić information content (AvgIpc) is 3.03. The first kappa shape index (κ1) is 43.9. The third kappa shape index (κ3) is 39.0. The molecule has 1 heteroatoms. The Morgan fingerprint density at radius 1 is 0.356 bits per heavy atom. The monoisotopic (exact) mass is 626 g/mol. The van der Waals surface area contributed by atoms with E-state index in [1.165, 1.54) is 186 Å². The molecule has 0 amide bonds. The van der Waals surface area contributed by atoms with Crippen LogP contribution >= 0.6 is 0 Å². The van der Waals surface area contributed by atoms with Gasteiger partial charge in [0.1, 0.15) is 0 Å². The largest absolute Gasteiger partial charge is 0.309 e. The fourth-order valence-corrected chi connectivity index (χ4v) is 6.31. The van der Waals surface area contributed by atoms with Gasteiger partial charge in [0.2, 0.25) is 0 Å². The molecule has 0 aliphatic heterocycles. The van der Waals surface area contributed by atoms with Gasteiger partial charge in [-0.2, -0.15) is 0 Å².